The van der Waals surface area contributed by atoms with E-state index < -0.39 is 12.0 Å². The maximum atomic E-state index is 11.7. The summed E-state index contributed by atoms with van der Waals surface area (Å²) in [7, 11) is 0. The van der Waals surface area contributed by atoms with Gasteiger partial charge in [-0.1, -0.05) is 84.0 Å². The van der Waals surface area contributed by atoms with Gasteiger partial charge < -0.3 is 15.2 Å². The SMILES string of the molecule is CCCCCCCCCCCCCCCC(=O)OCCCN[C@@H](CS)C(=O)O. The molecule has 166 valence electrons. The number of ether oxygens (including phenoxy) is 1. The van der Waals surface area contributed by atoms with Crippen molar-refractivity contribution in [3.05, 3.63) is 0 Å². The van der Waals surface area contributed by atoms with Crippen molar-refractivity contribution < 1.29 is 19.4 Å². The molecule has 0 aliphatic carbocycles. The molecule has 5 nitrogen and oxygen atoms in total. The predicted molar refractivity (Wildman–Crippen MR) is 119 cm³/mol. The van der Waals surface area contributed by atoms with Gasteiger partial charge in [0.05, 0.1) is 6.61 Å². The third kappa shape index (κ3) is 18.6. The van der Waals surface area contributed by atoms with Crippen LogP contribution in [0.15, 0.2) is 0 Å². The summed E-state index contributed by atoms with van der Waals surface area (Å²) in [5.74, 6) is -0.810. The molecule has 2 N–H and O–H groups in total. The average Bonchev–Trinajstić information content (AvgIpc) is 2.68. The van der Waals surface area contributed by atoms with Gasteiger partial charge in [-0.25, -0.2) is 0 Å². The zero-order valence-electron chi connectivity index (χ0n) is 17.9. The van der Waals surface area contributed by atoms with Crippen molar-refractivity contribution in [2.24, 2.45) is 0 Å². The lowest BCUT2D eigenvalue weighted by Crippen LogP contribution is -2.39. The Morgan fingerprint density at radius 2 is 1.36 bits per heavy atom. The molecule has 0 radical (unpaired) electrons. The molecular formula is C22H43NO4S. The molecule has 0 aliphatic rings. The van der Waals surface area contributed by atoms with E-state index in [9.17, 15) is 9.59 Å². The van der Waals surface area contributed by atoms with Crippen molar-refractivity contribution in [3.63, 3.8) is 0 Å². The highest BCUT2D eigenvalue weighted by molar-refractivity contribution is 7.80. The van der Waals surface area contributed by atoms with Gasteiger partial charge in [0.2, 0.25) is 0 Å². The predicted octanol–water partition coefficient (Wildman–Crippen LogP) is 5.37. The maximum Gasteiger partial charge on any atom is 0.321 e. The van der Waals surface area contributed by atoms with Crippen LogP contribution < -0.4 is 5.32 Å². The summed E-state index contributed by atoms with van der Waals surface area (Å²) in [6.45, 7) is 3.10. The number of hydrogen-bond donors (Lipinski definition) is 3. The van der Waals surface area contributed by atoms with Crippen LogP contribution in [0.1, 0.15) is 103 Å². The molecule has 0 rings (SSSR count). The molecule has 0 heterocycles. The topological polar surface area (TPSA) is 75.6 Å². The van der Waals surface area contributed by atoms with Crippen molar-refractivity contribution in [2.45, 2.75) is 109 Å². The number of thiol groups is 1. The molecule has 0 saturated carbocycles. The van der Waals surface area contributed by atoms with Crippen LogP contribution in [0.5, 0.6) is 0 Å². The smallest absolute Gasteiger partial charge is 0.321 e. The third-order valence-corrected chi connectivity index (χ3v) is 5.31. The number of carboxylic acid groups (broad SMARTS) is 1. The molecule has 6 heteroatoms. The molecule has 0 saturated heterocycles. The zero-order chi connectivity index (χ0) is 20.9. The maximum absolute atomic E-state index is 11.7. The summed E-state index contributed by atoms with van der Waals surface area (Å²) in [4.78, 5) is 22.5. The normalized spacial score (nSPS) is 12.1. The largest absolute Gasteiger partial charge is 0.480 e. The first kappa shape index (κ1) is 27.2. The minimum absolute atomic E-state index is 0.146. The fraction of sp³-hybridized carbons (Fsp3) is 0.909. The van der Waals surface area contributed by atoms with E-state index in [2.05, 4.69) is 24.9 Å². The van der Waals surface area contributed by atoms with Gasteiger partial charge in [-0.3, -0.25) is 9.59 Å². The van der Waals surface area contributed by atoms with Gasteiger partial charge in [0.15, 0.2) is 0 Å². The summed E-state index contributed by atoms with van der Waals surface area (Å²) >= 11 is 3.98. The van der Waals surface area contributed by atoms with E-state index in [1.165, 1.54) is 70.6 Å². The number of unbranched alkanes of at least 4 members (excludes halogenated alkanes) is 12. The fourth-order valence-electron chi connectivity index (χ4n) is 3.12. The summed E-state index contributed by atoms with van der Waals surface area (Å²) in [6, 6.07) is -0.648. The number of carbonyl (C=O) groups is 2. The van der Waals surface area contributed by atoms with Crippen LogP contribution in [0.25, 0.3) is 0 Å². The number of hydrogen-bond acceptors (Lipinski definition) is 5. The van der Waals surface area contributed by atoms with Crippen molar-refractivity contribution in [3.8, 4) is 0 Å². The van der Waals surface area contributed by atoms with Gasteiger partial charge in [0.25, 0.3) is 0 Å². The van der Waals surface area contributed by atoms with E-state index in [1.807, 2.05) is 0 Å². The quantitative estimate of drug-likeness (QED) is 0.133. The lowest BCUT2D eigenvalue weighted by molar-refractivity contribution is -0.144. The van der Waals surface area contributed by atoms with E-state index in [4.69, 9.17) is 9.84 Å². The van der Waals surface area contributed by atoms with E-state index in [0.29, 0.717) is 26.0 Å². The summed E-state index contributed by atoms with van der Waals surface area (Å²) in [5.41, 5.74) is 0. The Bertz CT molecular complexity index is 380. The van der Waals surface area contributed by atoms with Gasteiger partial charge in [0.1, 0.15) is 6.04 Å². The van der Waals surface area contributed by atoms with Crippen LogP contribution in [0.3, 0.4) is 0 Å². The molecule has 0 aromatic carbocycles. The zero-order valence-corrected chi connectivity index (χ0v) is 18.8. The highest BCUT2D eigenvalue weighted by Gasteiger charge is 2.13. The minimum Gasteiger partial charge on any atom is -0.480 e. The minimum atomic E-state index is -0.908. The summed E-state index contributed by atoms with van der Waals surface area (Å²) in [6.07, 6.45) is 17.9. The molecule has 0 fully saturated rings. The average molecular weight is 418 g/mol. The first-order chi connectivity index (χ1) is 13.6. The van der Waals surface area contributed by atoms with Crippen molar-refractivity contribution in [1.82, 2.24) is 5.32 Å². The van der Waals surface area contributed by atoms with Crippen LogP contribution in [-0.2, 0) is 14.3 Å². The molecule has 0 aliphatic heterocycles. The number of aliphatic carboxylic acids is 1. The molecule has 1 atom stereocenters. The Morgan fingerprint density at radius 3 is 1.82 bits per heavy atom. The van der Waals surface area contributed by atoms with Gasteiger partial charge in [-0.2, -0.15) is 12.6 Å². The number of carbonyl (C=O) groups excluding carboxylic acids is 1. The second kappa shape index (κ2) is 21.0. The Kier molecular flexibility index (Phi) is 20.4. The highest BCUT2D eigenvalue weighted by atomic mass is 32.1. The van der Waals surface area contributed by atoms with E-state index in [1.54, 1.807) is 0 Å². The second-order valence-electron chi connectivity index (χ2n) is 7.59. The first-order valence-corrected chi connectivity index (χ1v) is 12.0. The Balaban J connectivity index is 3.28. The summed E-state index contributed by atoms with van der Waals surface area (Å²) < 4.78 is 5.18. The lowest BCUT2D eigenvalue weighted by Gasteiger charge is -2.11. The van der Waals surface area contributed by atoms with E-state index in [-0.39, 0.29) is 11.7 Å². The van der Waals surface area contributed by atoms with Crippen molar-refractivity contribution >= 4 is 24.6 Å². The first-order valence-electron chi connectivity index (χ1n) is 11.3. The number of nitrogens with one attached hydrogen (secondary N) is 1. The molecule has 0 aromatic heterocycles. The van der Waals surface area contributed by atoms with Gasteiger partial charge in [-0.15, -0.1) is 0 Å². The molecule has 0 spiro atoms. The summed E-state index contributed by atoms with van der Waals surface area (Å²) in [5, 5.41) is 11.7. The lowest BCUT2D eigenvalue weighted by atomic mass is 10.0. The monoisotopic (exact) mass is 417 g/mol. The number of esters is 1. The van der Waals surface area contributed by atoms with E-state index in [0.717, 1.165) is 12.8 Å². The molecular weight excluding hydrogens is 374 g/mol. The van der Waals surface area contributed by atoms with Gasteiger partial charge >= 0.3 is 11.9 Å². The number of carboxylic acids is 1. The Labute approximate surface area is 177 Å². The number of rotatable bonds is 21. The van der Waals surface area contributed by atoms with Gasteiger partial charge in [0, 0.05) is 12.2 Å². The highest BCUT2D eigenvalue weighted by Crippen LogP contribution is 2.13. The van der Waals surface area contributed by atoms with Crippen LogP contribution in [0.2, 0.25) is 0 Å². The van der Waals surface area contributed by atoms with Crippen LogP contribution >= 0.6 is 12.6 Å². The van der Waals surface area contributed by atoms with Crippen molar-refractivity contribution in [1.29, 1.82) is 0 Å². The molecule has 0 unspecified atom stereocenters. The van der Waals surface area contributed by atoms with Crippen LogP contribution in [0, 0.1) is 0 Å². The molecule has 0 aromatic rings. The fourth-order valence-corrected chi connectivity index (χ4v) is 3.41. The third-order valence-electron chi connectivity index (χ3n) is 4.94. The standard InChI is InChI=1S/C22H43NO4S/c1-2-3-4-5-6-7-8-9-10-11-12-13-14-16-21(24)27-18-15-17-23-20(19-28)22(25)26/h20,23,28H,2-19H2,1H3,(H,25,26)/t20-/m0/s1. The van der Waals surface area contributed by atoms with Crippen LogP contribution in [0.4, 0.5) is 0 Å². The van der Waals surface area contributed by atoms with Crippen molar-refractivity contribution in [2.75, 3.05) is 18.9 Å². The Morgan fingerprint density at radius 1 is 0.857 bits per heavy atom. The van der Waals surface area contributed by atoms with Gasteiger partial charge in [-0.05, 0) is 19.4 Å². The van der Waals surface area contributed by atoms with E-state index >= 15 is 0 Å². The molecule has 0 amide bonds. The van der Waals surface area contributed by atoms with Crippen LogP contribution in [-0.4, -0.2) is 42.0 Å². The Hall–Kier alpha value is -0.750. The second-order valence-corrected chi connectivity index (χ2v) is 7.96. The molecule has 28 heavy (non-hydrogen) atoms. The molecule has 0 bridgehead atoms.